The SMILES string of the molecule is CNCc1ccc(F)cc1-c1ccc2c(c1)OCCCO2. The fourth-order valence-electron chi connectivity index (χ4n) is 2.49. The quantitative estimate of drug-likeness (QED) is 0.939. The van der Waals surface area contributed by atoms with Crippen LogP contribution in [-0.4, -0.2) is 20.3 Å². The van der Waals surface area contributed by atoms with E-state index in [-0.39, 0.29) is 5.82 Å². The Balaban J connectivity index is 2.04. The molecule has 1 heterocycles. The Morgan fingerprint density at radius 3 is 2.67 bits per heavy atom. The van der Waals surface area contributed by atoms with Gasteiger partial charge in [0, 0.05) is 13.0 Å². The summed E-state index contributed by atoms with van der Waals surface area (Å²) in [7, 11) is 1.88. The number of halogens is 1. The molecular weight excluding hydrogens is 269 g/mol. The first-order valence-electron chi connectivity index (χ1n) is 7.11. The zero-order valence-corrected chi connectivity index (χ0v) is 12.0. The summed E-state index contributed by atoms with van der Waals surface area (Å²) in [4.78, 5) is 0. The summed E-state index contributed by atoms with van der Waals surface area (Å²) in [6.07, 6.45) is 0.870. The summed E-state index contributed by atoms with van der Waals surface area (Å²) in [6, 6.07) is 10.6. The minimum atomic E-state index is -0.239. The molecule has 1 aliphatic rings. The Morgan fingerprint density at radius 1 is 1.05 bits per heavy atom. The highest BCUT2D eigenvalue weighted by Crippen LogP contribution is 2.35. The predicted octanol–water partition coefficient (Wildman–Crippen LogP) is 3.37. The van der Waals surface area contributed by atoms with E-state index < -0.39 is 0 Å². The van der Waals surface area contributed by atoms with Gasteiger partial charge in [-0.3, -0.25) is 0 Å². The molecule has 1 N–H and O–H groups in total. The van der Waals surface area contributed by atoms with Gasteiger partial charge in [0.05, 0.1) is 13.2 Å². The second kappa shape index (κ2) is 6.14. The number of fused-ring (bicyclic) bond motifs is 1. The van der Waals surface area contributed by atoms with E-state index in [1.165, 1.54) is 6.07 Å². The summed E-state index contributed by atoms with van der Waals surface area (Å²) in [5, 5.41) is 3.11. The second-order valence-corrected chi connectivity index (χ2v) is 5.04. The Kier molecular flexibility index (Phi) is 4.06. The fourth-order valence-corrected chi connectivity index (χ4v) is 2.49. The monoisotopic (exact) mass is 287 g/mol. The van der Waals surface area contributed by atoms with E-state index in [0.717, 1.165) is 34.6 Å². The number of ether oxygens (including phenoxy) is 2. The molecule has 0 aliphatic carbocycles. The van der Waals surface area contributed by atoms with Gasteiger partial charge < -0.3 is 14.8 Å². The van der Waals surface area contributed by atoms with Crippen molar-refractivity contribution in [2.75, 3.05) is 20.3 Å². The maximum atomic E-state index is 13.6. The average molecular weight is 287 g/mol. The van der Waals surface area contributed by atoms with Crippen LogP contribution in [0, 0.1) is 5.82 Å². The van der Waals surface area contributed by atoms with E-state index in [1.54, 1.807) is 6.07 Å². The molecule has 0 saturated carbocycles. The second-order valence-electron chi connectivity index (χ2n) is 5.04. The highest BCUT2D eigenvalue weighted by molar-refractivity contribution is 5.70. The first-order chi connectivity index (χ1) is 10.3. The standard InChI is InChI=1S/C17H18FNO2/c1-19-11-13-3-5-14(18)10-15(13)12-4-6-16-17(9-12)21-8-2-7-20-16/h3-6,9-10,19H,2,7-8,11H2,1H3. The van der Waals surface area contributed by atoms with Crippen molar-refractivity contribution in [1.29, 1.82) is 0 Å². The Hall–Kier alpha value is -2.07. The number of rotatable bonds is 3. The van der Waals surface area contributed by atoms with Crippen LogP contribution in [0.4, 0.5) is 4.39 Å². The zero-order valence-electron chi connectivity index (χ0n) is 12.0. The molecule has 3 nitrogen and oxygen atoms in total. The molecule has 21 heavy (non-hydrogen) atoms. The Labute approximate surface area is 123 Å². The lowest BCUT2D eigenvalue weighted by atomic mass is 9.99. The molecule has 4 heteroatoms. The smallest absolute Gasteiger partial charge is 0.161 e. The van der Waals surface area contributed by atoms with Crippen molar-refractivity contribution < 1.29 is 13.9 Å². The van der Waals surface area contributed by atoms with E-state index in [4.69, 9.17) is 9.47 Å². The minimum absolute atomic E-state index is 0.239. The van der Waals surface area contributed by atoms with Crippen LogP contribution in [0.25, 0.3) is 11.1 Å². The molecule has 3 rings (SSSR count). The molecule has 0 amide bonds. The molecule has 0 spiro atoms. The average Bonchev–Trinajstić information content (AvgIpc) is 2.73. The van der Waals surface area contributed by atoms with Crippen LogP contribution in [-0.2, 0) is 6.54 Å². The molecule has 0 fully saturated rings. The van der Waals surface area contributed by atoms with Crippen LogP contribution in [0.15, 0.2) is 36.4 Å². The van der Waals surface area contributed by atoms with Gasteiger partial charge in [-0.2, -0.15) is 0 Å². The van der Waals surface area contributed by atoms with E-state index in [0.29, 0.717) is 19.8 Å². The van der Waals surface area contributed by atoms with Crippen molar-refractivity contribution in [1.82, 2.24) is 5.32 Å². The summed E-state index contributed by atoms with van der Waals surface area (Å²) in [6.45, 7) is 1.99. The summed E-state index contributed by atoms with van der Waals surface area (Å²) in [5.74, 6) is 1.24. The van der Waals surface area contributed by atoms with E-state index in [1.807, 2.05) is 31.3 Å². The minimum Gasteiger partial charge on any atom is -0.490 e. The predicted molar refractivity (Wildman–Crippen MR) is 80.2 cm³/mol. The van der Waals surface area contributed by atoms with Crippen molar-refractivity contribution in [3.05, 3.63) is 47.8 Å². The number of nitrogens with one attached hydrogen (secondary N) is 1. The van der Waals surface area contributed by atoms with E-state index in [9.17, 15) is 4.39 Å². The van der Waals surface area contributed by atoms with Gasteiger partial charge in [0.25, 0.3) is 0 Å². The van der Waals surface area contributed by atoms with Gasteiger partial charge in [0.15, 0.2) is 11.5 Å². The van der Waals surface area contributed by atoms with Crippen LogP contribution < -0.4 is 14.8 Å². The van der Waals surface area contributed by atoms with Gasteiger partial charge in [0.1, 0.15) is 5.82 Å². The molecular formula is C17H18FNO2. The van der Waals surface area contributed by atoms with Gasteiger partial charge in [-0.1, -0.05) is 12.1 Å². The van der Waals surface area contributed by atoms with Gasteiger partial charge in [0.2, 0.25) is 0 Å². The summed E-state index contributed by atoms with van der Waals surface area (Å²) >= 11 is 0. The van der Waals surface area contributed by atoms with Crippen molar-refractivity contribution in [3.63, 3.8) is 0 Å². The van der Waals surface area contributed by atoms with Gasteiger partial charge in [-0.05, 0) is 48.0 Å². The molecule has 0 unspecified atom stereocenters. The lowest BCUT2D eigenvalue weighted by Gasteiger charge is -2.13. The molecule has 0 saturated heterocycles. The van der Waals surface area contributed by atoms with Crippen LogP contribution in [0.2, 0.25) is 0 Å². The summed E-state index contributed by atoms with van der Waals surface area (Å²) < 4.78 is 24.9. The molecule has 2 aromatic carbocycles. The molecule has 0 bridgehead atoms. The maximum absolute atomic E-state index is 13.6. The van der Waals surface area contributed by atoms with E-state index >= 15 is 0 Å². The lowest BCUT2D eigenvalue weighted by molar-refractivity contribution is 0.297. The lowest BCUT2D eigenvalue weighted by Crippen LogP contribution is -2.06. The van der Waals surface area contributed by atoms with Gasteiger partial charge in [-0.15, -0.1) is 0 Å². The van der Waals surface area contributed by atoms with Gasteiger partial charge >= 0.3 is 0 Å². The topological polar surface area (TPSA) is 30.5 Å². The fraction of sp³-hybridized carbons (Fsp3) is 0.294. The van der Waals surface area contributed by atoms with Crippen LogP contribution in [0.1, 0.15) is 12.0 Å². The first-order valence-corrected chi connectivity index (χ1v) is 7.11. The molecule has 0 aromatic heterocycles. The molecule has 0 atom stereocenters. The van der Waals surface area contributed by atoms with Crippen LogP contribution >= 0.6 is 0 Å². The molecule has 110 valence electrons. The molecule has 1 aliphatic heterocycles. The molecule has 0 radical (unpaired) electrons. The molecule has 2 aromatic rings. The van der Waals surface area contributed by atoms with Crippen LogP contribution in [0.3, 0.4) is 0 Å². The maximum Gasteiger partial charge on any atom is 0.161 e. The number of hydrogen-bond donors (Lipinski definition) is 1. The Bertz CT molecular complexity index is 643. The zero-order chi connectivity index (χ0) is 14.7. The third-order valence-corrected chi connectivity index (χ3v) is 3.50. The van der Waals surface area contributed by atoms with Crippen LogP contribution in [0.5, 0.6) is 11.5 Å². The Morgan fingerprint density at radius 2 is 1.86 bits per heavy atom. The highest BCUT2D eigenvalue weighted by atomic mass is 19.1. The van der Waals surface area contributed by atoms with Crippen molar-refractivity contribution >= 4 is 0 Å². The normalized spacial score (nSPS) is 13.8. The number of benzene rings is 2. The van der Waals surface area contributed by atoms with Crippen molar-refractivity contribution in [2.45, 2.75) is 13.0 Å². The van der Waals surface area contributed by atoms with Gasteiger partial charge in [-0.25, -0.2) is 4.39 Å². The third kappa shape index (κ3) is 3.00. The summed E-state index contributed by atoms with van der Waals surface area (Å²) in [5.41, 5.74) is 2.86. The first kappa shape index (κ1) is 13.9. The van der Waals surface area contributed by atoms with Crippen molar-refractivity contribution in [3.8, 4) is 22.6 Å². The third-order valence-electron chi connectivity index (χ3n) is 3.50. The largest absolute Gasteiger partial charge is 0.490 e. The van der Waals surface area contributed by atoms with Crippen molar-refractivity contribution in [2.24, 2.45) is 0 Å². The highest BCUT2D eigenvalue weighted by Gasteiger charge is 2.13. The van der Waals surface area contributed by atoms with E-state index in [2.05, 4.69) is 5.32 Å². The number of hydrogen-bond acceptors (Lipinski definition) is 3.